The van der Waals surface area contributed by atoms with E-state index in [1.807, 2.05) is 0 Å². The van der Waals surface area contributed by atoms with Crippen LogP contribution in [0.3, 0.4) is 0 Å². The monoisotopic (exact) mass is 530 g/mol. The van der Waals surface area contributed by atoms with Gasteiger partial charge in [-0.25, -0.2) is 0 Å². The van der Waals surface area contributed by atoms with Crippen LogP contribution in [0.25, 0.3) is 34.4 Å². The van der Waals surface area contributed by atoms with Crippen molar-refractivity contribution < 1.29 is 0 Å². The van der Waals surface area contributed by atoms with E-state index in [4.69, 9.17) is 0 Å². The second kappa shape index (κ2) is 7.75. The number of allylic oxidation sites excluding steroid dienone is 2. The van der Waals surface area contributed by atoms with Gasteiger partial charge in [-0.3, -0.25) is 0 Å². The summed E-state index contributed by atoms with van der Waals surface area (Å²) >= 11 is 0. The van der Waals surface area contributed by atoms with Crippen LogP contribution in [0, 0.1) is 0 Å². The second-order valence-electron chi connectivity index (χ2n) is 12.0. The second-order valence-corrected chi connectivity index (χ2v) is 12.0. The van der Waals surface area contributed by atoms with E-state index in [0.29, 0.717) is 0 Å². The molecule has 10 rings (SSSR count). The maximum absolute atomic E-state index is 2.52. The van der Waals surface area contributed by atoms with Crippen LogP contribution in [0.5, 0.6) is 0 Å². The van der Waals surface area contributed by atoms with Crippen molar-refractivity contribution in [3.05, 3.63) is 201 Å². The molecule has 4 aliphatic carbocycles. The van der Waals surface area contributed by atoms with E-state index in [9.17, 15) is 0 Å². The van der Waals surface area contributed by atoms with Gasteiger partial charge in [-0.1, -0.05) is 146 Å². The molecular weight excluding hydrogens is 504 g/mol. The third kappa shape index (κ3) is 2.40. The molecule has 0 aromatic heterocycles. The summed E-state index contributed by atoms with van der Waals surface area (Å²) in [6.07, 6.45) is 5.04. The normalized spacial score (nSPS) is 16.8. The molecule has 194 valence electrons. The van der Waals surface area contributed by atoms with Crippen LogP contribution in [0.1, 0.15) is 44.5 Å². The molecule has 0 amide bonds. The van der Waals surface area contributed by atoms with E-state index in [1.165, 1.54) is 77.9 Å². The summed E-state index contributed by atoms with van der Waals surface area (Å²) in [5.41, 5.74) is 18.2. The van der Waals surface area contributed by atoms with Gasteiger partial charge in [0.15, 0.2) is 0 Å². The minimum absolute atomic E-state index is 0.416. The highest BCUT2D eigenvalue weighted by molar-refractivity contribution is 5.99. The third-order valence-corrected chi connectivity index (χ3v) is 10.3. The molecule has 4 aliphatic rings. The van der Waals surface area contributed by atoms with Gasteiger partial charge in [0.1, 0.15) is 0 Å². The van der Waals surface area contributed by atoms with Crippen LogP contribution in [-0.2, 0) is 10.8 Å². The molecule has 6 aromatic carbocycles. The van der Waals surface area contributed by atoms with Crippen molar-refractivity contribution in [2.24, 2.45) is 0 Å². The van der Waals surface area contributed by atoms with Crippen LogP contribution in [-0.4, -0.2) is 0 Å². The molecule has 0 aliphatic heterocycles. The topological polar surface area (TPSA) is 0 Å². The van der Waals surface area contributed by atoms with E-state index < -0.39 is 10.8 Å². The summed E-state index contributed by atoms with van der Waals surface area (Å²) in [5, 5.41) is 0. The Morgan fingerprint density at radius 1 is 0.262 bits per heavy atom. The van der Waals surface area contributed by atoms with Crippen LogP contribution >= 0.6 is 0 Å². The molecule has 0 heterocycles. The van der Waals surface area contributed by atoms with Crippen LogP contribution in [0.4, 0.5) is 0 Å². The Labute approximate surface area is 246 Å². The average molecular weight is 531 g/mol. The maximum Gasteiger partial charge on any atom is 0.0722 e. The molecule has 0 saturated carbocycles. The van der Waals surface area contributed by atoms with E-state index >= 15 is 0 Å². The minimum atomic E-state index is -0.416. The van der Waals surface area contributed by atoms with Crippen molar-refractivity contribution in [3.63, 3.8) is 0 Å². The Hall–Kier alpha value is -5.20. The molecular formula is C42H26. The van der Waals surface area contributed by atoms with Gasteiger partial charge in [0.25, 0.3) is 0 Å². The summed E-state index contributed by atoms with van der Waals surface area (Å²) < 4.78 is 0. The molecule has 0 atom stereocenters. The molecule has 0 nitrogen and oxygen atoms in total. The Bertz CT molecular complexity index is 1950. The van der Waals surface area contributed by atoms with Gasteiger partial charge in [-0.15, -0.1) is 0 Å². The lowest BCUT2D eigenvalue weighted by atomic mass is 9.52. The standard InChI is InChI=1S/C42H26/c1-7-19-33-27(13-1)25-39-40(41(33)35-21-9-3-15-29(35)30-16-4-10-22-36(30)41)26-28-14-2-8-20-34(28)42(39)37-23-11-5-17-31(37)32-18-6-12-24-38(32)42/h1-26H. The number of hydrogen-bond acceptors (Lipinski definition) is 0. The van der Waals surface area contributed by atoms with Gasteiger partial charge >= 0.3 is 0 Å². The molecule has 0 saturated heterocycles. The molecule has 0 heteroatoms. The molecule has 0 fully saturated rings. The van der Waals surface area contributed by atoms with Gasteiger partial charge in [0.05, 0.1) is 10.8 Å². The Morgan fingerprint density at radius 3 is 0.857 bits per heavy atom. The molecule has 0 N–H and O–H groups in total. The van der Waals surface area contributed by atoms with Crippen molar-refractivity contribution in [3.8, 4) is 22.3 Å². The molecule has 0 radical (unpaired) electrons. The van der Waals surface area contributed by atoms with Crippen LogP contribution < -0.4 is 0 Å². The smallest absolute Gasteiger partial charge is 0.0619 e. The zero-order valence-electron chi connectivity index (χ0n) is 23.0. The summed E-state index contributed by atoms with van der Waals surface area (Å²) in [4.78, 5) is 0. The number of benzene rings is 6. The largest absolute Gasteiger partial charge is 0.0722 e. The minimum Gasteiger partial charge on any atom is -0.0619 e. The zero-order valence-corrected chi connectivity index (χ0v) is 23.0. The van der Waals surface area contributed by atoms with Crippen LogP contribution in [0.2, 0.25) is 0 Å². The Balaban J connectivity index is 1.45. The van der Waals surface area contributed by atoms with Crippen molar-refractivity contribution in [2.75, 3.05) is 0 Å². The fourth-order valence-electron chi connectivity index (χ4n) is 8.94. The lowest BCUT2D eigenvalue weighted by Crippen LogP contribution is -2.42. The molecule has 2 spiro atoms. The zero-order chi connectivity index (χ0) is 27.5. The van der Waals surface area contributed by atoms with Gasteiger partial charge < -0.3 is 0 Å². The van der Waals surface area contributed by atoms with Gasteiger partial charge in [-0.05, 0) is 90.1 Å². The first kappa shape index (κ1) is 22.5. The Morgan fingerprint density at radius 2 is 0.524 bits per heavy atom. The molecule has 0 unspecified atom stereocenters. The predicted molar refractivity (Wildman–Crippen MR) is 172 cm³/mol. The fraction of sp³-hybridized carbons (Fsp3) is 0.0476. The fourth-order valence-corrected chi connectivity index (χ4v) is 8.94. The molecule has 6 aromatic rings. The van der Waals surface area contributed by atoms with E-state index in [2.05, 4.69) is 158 Å². The highest BCUT2D eigenvalue weighted by atomic mass is 14.6. The summed E-state index contributed by atoms with van der Waals surface area (Å²) in [7, 11) is 0. The lowest BCUT2D eigenvalue weighted by Gasteiger charge is -2.49. The maximum atomic E-state index is 2.52. The van der Waals surface area contributed by atoms with Gasteiger partial charge in [0, 0.05) is 0 Å². The van der Waals surface area contributed by atoms with Gasteiger partial charge in [0.2, 0.25) is 0 Å². The predicted octanol–water partition coefficient (Wildman–Crippen LogP) is 9.81. The quantitative estimate of drug-likeness (QED) is 0.183. The number of hydrogen-bond donors (Lipinski definition) is 0. The highest BCUT2D eigenvalue weighted by Crippen LogP contribution is 2.68. The lowest BCUT2D eigenvalue weighted by molar-refractivity contribution is 0.670. The van der Waals surface area contributed by atoms with E-state index in [-0.39, 0.29) is 0 Å². The summed E-state index contributed by atoms with van der Waals surface area (Å²) in [6, 6.07) is 54.6. The van der Waals surface area contributed by atoms with Crippen molar-refractivity contribution in [2.45, 2.75) is 10.8 Å². The van der Waals surface area contributed by atoms with E-state index in [0.717, 1.165) is 0 Å². The van der Waals surface area contributed by atoms with Crippen molar-refractivity contribution in [1.29, 1.82) is 0 Å². The van der Waals surface area contributed by atoms with E-state index in [1.54, 1.807) is 0 Å². The third-order valence-electron chi connectivity index (χ3n) is 10.3. The first-order chi connectivity index (χ1) is 20.8. The number of rotatable bonds is 0. The molecule has 0 bridgehead atoms. The first-order valence-corrected chi connectivity index (χ1v) is 14.9. The SMILES string of the molecule is C1=C2C(=Cc3ccccc3C23c2ccccc2-c2ccccc23)C2(c3ccccc31)c1ccccc1-c1ccccc12. The molecule has 42 heavy (non-hydrogen) atoms. The van der Waals surface area contributed by atoms with Crippen molar-refractivity contribution in [1.82, 2.24) is 0 Å². The average Bonchev–Trinajstić information content (AvgIpc) is 3.52. The van der Waals surface area contributed by atoms with Gasteiger partial charge in [-0.2, -0.15) is 0 Å². The first-order valence-electron chi connectivity index (χ1n) is 14.9. The highest BCUT2D eigenvalue weighted by Gasteiger charge is 2.58. The summed E-state index contributed by atoms with van der Waals surface area (Å²) in [5.74, 6) is 0. The summed E-state index contributed by atoms with van der Waals surface area (Å²) in [6.45, 7) is 0. The number of fused-ring (bicyclic) bond motifs is 17. The van der Waals surface area contributed by atoms with Crippen LogP contribution in [0.15, 0.2) is 157 Å². The Kier molecular flexibility index (Phi) is 4.15. The van der Waals surface area contributed by atoms with Crippen molar-refractivity contribution >= 4 is 12.2 Å².